The fourth-order valence-corrected chi connectivity index (χ4v) is 2.06. The van der Waals surface area contributed by atoms with E-state index in [4.69, 9.17) is 16.3 Å². The van der Waals surface area contributed by atoms with Crippen LogP contribution in [0.1, 0.15) is 18.1 Å². The highest BCUT2D eigenvalue weighted by atomic mass is 35.5. The van der Waals surface area contributed by atoms with Crippen LogP contribution in [-0.2, 0) is 11.3 Å². The molecular weight excluding hydrogens is 298 g/mol. The van der Waals surface area contributed by atoms with Gasteiger partial charge in [-0.2, -0.15) is 0 Å². The third-order valence-electron chi connectivity index (χ3n) is 3.02. The first kappa shape index (κ1) is 16.1. The van der Waals surface area contributed by atoms with E-state index in [0.717, 1.165) is 16.9 Å². The molecule has 0 spiro atoms. The molecule has 0 aromatic heterocycles. The molecule has 1 amide bonds. The van der Waals surface area contributed by atoms with Crippen molar-refractivity contribution in [3.63, 3.8) is 0 Å². The Morgan fingerprint density at radius 2 is 1.91 bits per heavy atom. The SMILES string of the molecule is CCOc1ccccc1CNC(=O)/C=C/c1ccc(Cl)cc1. The highest BCUT2D eigenvalue weighted by molar-refractivity contribution is 6.30. The molecule has 0 saturated heterocycles. The molecule has 0 atom stereocenters. The molecule has 0 saturated carbocycles. The van der Waals surface area contributed by atoms with Crippen molar-refractivity contribution in [2.24, 2.45) is 0 Å². The Bertz CT molecular complexity index is 650. The third kappa shape index (κ3) is 4.93. The fourth-order valence-electron chi connectivity index (χ4n) is 1.93. The van der Waals surface area contributed by atoms with Gasteiger partial charge < -0.3 is 10.1 Å². The van der Waals surface area contributed by atoms with Gasteiger partial charge in [0.1, 0.15) is 5.75 Å². The van der Waals surface area contributed by atoms with Gasteiger partial charge in [0.2, 0.25) is 5.91 Å². The van der Waals surface area contributed by atoms with Crippen LogP contribution in [0.2, 0.25) is 5.02 Å². The summed E-state index contributed by atoms with van der Waals surface area (Å²) in [5.41, 5.74) is 1.88. The van der Waals surface area contributed by atoms with Gasteiger partial charge in [-0.3, -0.25) is 4.79 Å². The van der Waals surface area contributed by atoms with Crippen molar-refractivity contribution in [2.75, 3.05) is 6.61 Å². The van der Waals surface area contributed by atoms with Crippen LogP contribution in [0, 0.1) is 0 Å². The average molecular weight is 316 g/mol. The topological polar surface area (TPSA) is 38.3 Å². The number of nitrogens with one attached hydrogen (secondary N) is 1. The summed E-state index contributed by atoms with van der Waals surface area (Å²) in [5.74, 6) is 0.647. The maximum atomic E-state index is 11.9. The standard InChI is InChI=1S/C18H18ClNO2/c1-2-22-17-6-4-3-5-15(17)13-20-18(21)12-9-14-7-10-16(19)11-8-14/h3-12H,2,13H2,1H3,(H,20,21)/b12-9+. The van der Waals surface area contributed by atoms with Crippen LogP contribution in [0.3, 0.4) is 0 Å². The molecule has 0 unspecified atom stereocenters. The summed E-state index contributed by atoms with van der Waals surface area (Å²) in [6.07, 6.45) is 3.26. The van der Waals surface area contributed by atoms with Gasteiger partial charge in [0.25, 0.3) is 0 Å². The highest BCUT2D eigenvalue weighted by Gasteiger charge is 2.03. The average Bonchev–Trinajstić information content (AvgIpc) is 2.54. The predicted molar refractivity (Wildman–Crippen MR) is 89.9 cm³/mol. The number of carbonyl (C=O) groups excluding carboxylic acids is 1. The van der Waals surface area contributed by atoms with Crippen LogP contribution in [0.5, 0.6) is 5.75 Å². The van der Waals surface area contributed by atoms with Crippen molar-refractivity contribution in [3.05, 3.63) is 70.8 Å². The summed E-state index contributed by atoms with van der Waals surface area (Å²) in [5, 5.41) is 3.52. The second-order valence-corrected chi connectivity index (χ2v) is 5.08. The van der Waals surface area contributed by atoms with Crippen molar-refractivity contribution < 1.29 is 9.53 Å². The number of benzene rings is 2. The fraction of sp³-hybridized carbons (Fsp3) is 0.167. The second-order valence-electron chi connectivity index (χ2n) is 4.64. The van der Waals surface area contributed by atoms with E-state index in [9.17, 15) is 4.79 Å². The number of carbonyl (C=O) groups is 1. The molecule has 22 heavy (non-hydrogen) atoms. The normalized spacial score (nSPS) is 10.6. The Morgan fingerprint density at radius 1 is 1.18 bits per heavy atom. The Kier molecular flexibility index (Phi) is 6.04. The number of halogens is 1. The van der Waals surface area contributed by atoms with E-state index in [1.165, 1.54) is 6.08 Å². The highest BCUT2D eigenvalue weighted by Crippen LogP contribution is 2.17. The lowest BCUT2D eigenvalue weighted by atomic mass is 10.2. The van der Waals surface area contributed by atoms with E-state index >= 15 is 0 Å². The largest absolute Gasteiger partial charge is 0.494 e. The monoisotopic (exact) mass is 315 g/mol. The molecular formula is C18H18ClNO2. The number of ether oxygens (including phenoxy) is 1. The Labute approximate surface area is 135 Å². The van der Waals surface area contributed by atoms with Gasteiger partial charge in [0.05, 0.1) is 6.61 Å². The molecule has 2 aromatic carbocycles. The van der Waals surface area contributed by atoms with Gasteiger partial charge in [-0.1, -0.05) is 41.9 Å². The molecule has 2 rings (SSSR count). The van der Waals surface area contributed by atoms with Crippen molar-refractivity contribution in [3.8, 4) is 5.75 Å². The van der Waals surface area contributed by atoms with Crippen LogP contribution in [0.25, 0.3) is 6.08 Å². The summed E-state index contributed by atoms with van der Waals surface area (Å²) < 4.78 is 5.53. The summed E-state index contributed by atoms with van der Waals surface area (Å²) in [6.45, 7) is 2.96. The van der Waals surface area contributed by atoms with Crippen LogP contribution >= 0.6 is 11.6 Å². The predicted octanol–water partition coefficient (Wildman–Crippen LogP) is 4.07. The second kappa shape index (κ2) is 8.25. The number of para-hydroxylation sites is 1. The van der Waals surface area contributed by atoms with Crippen LogP contribution < -0.4 is 10.1 Å². The Morgan fingerprint density at radius 3 is 2.64 bits per heavy atom. The zero-order valence-electron chi connectivity index (χ0n) is 12.4. The first-order valence-electron chi connectivity index (χ1n) is 7.11. The molecule has 2 aromatic rings. The van der Waals surface area contributed by atoms with Crippen molar-refractivity contribution in [2.45, 2.75) is 13.5 Å². The Balaban J connectivity index is 1.91. The minimum Gasteiger partial charge on any atom is -0.494 e. The van der Waals surface area contributed by atoms with Gasteiger partial charge in [-0.25, -0.2) is 0 Å². The zero-order chi connectivity index (χ0) is 15.8. The smallest absolute Gasteiger partial charge is 0.244 e. The molecule has 0 radical (unpaired) electrons. The van der Waals surface area contributed by atoms with Crippen LogP contribution in [-0.4, -0.2) is 12.5 Å². The summed E-state index contributed by atoms with van der Waals surface area (Å²) in [6, 6.07) is 15.0. The van der Waals surface area contributed by atoms with Gasteiger partial charge >= 0.3 is 0 Å². The quantitative estimate of drug-likeness (QED) is 0.816. The first-order chi connectivity index (χ1) is 10.7. The maximum absolute atomic E-state index is 11.9. The molecule has 114 valence electrons. The van der Waals surface area contributed by atoms with E-state index in [0.29, 0.717) is 18.2 Å². The van der Waals surface area contributed by atoms with Gasteiger partial charge in [-0.05, 0) is 36.8 Å². The van der Waals surface area contributed by atoms with E-state index < -0.39 is 0 Å². The number of amides is 1. The molecule has 0 fully saturated rings. The lowest BCUT2D eigenvalue weighted by Gasteiger charge is -2.10. The molecule has 0 bridgehead atoms. The summed E-state index contributed by atoms with van der Waals surface area (Å²) >= 11 is 5.82. The van der Waals surface area contributed by atoms with Gasteiger partial charge in [0, 0.05) is 23.2 Å². The molecule has 0 aliphatic rings. The van der Waals surface area contributed by atoms with Crippen molar-refractivity contribution in [1.29, 1.82) is 0 Å². The van der Waals surface area contributed by atoms with Crippen LogP contribution in [0.15, 0.2) is 54.6 Å². The van der Waals surface area contributed by atoms with Crippen LogP contribution in [0.4, 0.5) is 0 Å². The number of hydrogen-bond acceptors (Lipinski definition) is 2. The lowest BCUT2D eigenvalue weighted by molar-refractivity contribution is -0.116. The molecule has 0 aliphatic carbocycles. The zero-order valence-corrected chi connectivity index (χ0v) is 13.1. The Hall–Kier alpha value is -2.26. The third-order valence-corrected chi connectivity index (χ3v) is 3.27. The van der Waals surface area contributed by atoms with E-state index in [-0.39, 0.29) is 5.91 Å². The van der Waals surface area contributed by atoms with Gasteiger partial charge in [0.15, 0.2) is 0 Å². The summed E-state index contributed by atoms with van der Waals surface area (Å²) in [7, 11) is 0. The van der Waals surface area contributed by atoms with Crippen molar-refractivity contribution in [1.82, 2.24) is 5.32 Å². The minimum absolute atomic E-state index is 0.152. The maximum Gasteiger partial charge on any atom is 0.244 e. The molecule has 3 nitrogen and oxygen atoms in total. The van der Waals surface area contributed by atoms with E-state index in [2.05, 4.69) is 5.32 Å². The minimum atomic E-state index is -0.152. The first-order valence-corrected chi connectivity index (χ1v) is 7.49. The number of hydrogen-bond donors (Lipinski definition) is 1. The molecule has 1 N–H and O–H groups in total. The lowest BCUT2D eigenvalue weighted by Crippen LogP contribution is -2.20. The molecule has 4 heteroatoms. The molecule has 0 heterocycles. The van der Waals surface area contributed by atoms with Gasteiger partial charge in [-0.15, -0.1) is 0 Å². The van der Waals surface area contributed by atoms with E-state index in [1.54, 1.807) is 18.2 Å². The van der Waals surface area contributed by atoms with Crippen molar-refractivity contribution >= 4 is 23.6 Å². The molecule has 0 aliphatic heterocycles. The summed E-state index contributed by atoms with van der Waals surface area (Å²) in [4.78, 5) is 11.9. The van der Waals surface area contributed by atoms with E-state index in [1.807, 2.05) is 43.3 Å². The number of rotatable bonds is 6.